The molecular weight excluding hydrogens is 244 g/mol. The minimum Gasteiger partial charge on any atom is -0.313 e. The Bertz CT molecular complexity index is 402. The molecule has 1 aliphatic heterocycles. The lowest BCUT2D eigenvalue weighted by molar-refractivity contribution is 0.170. The lowest BCUT2D eigenvalue weighted by Crippen LogP contribution is -2.42. The topological polar surface area (TPSA) is 15.3 Å². The molecule has 2 heteroatoms. The van der Waals surface area contributed by atoms with E-state index < -0.39 is 0 Å². The standard InChI is InChI=1S/C18H28N2/c1-2-9-20-10-5-6-15(14-20)13-19-18-11-16-7-3-4-8-17(16)12-18/h3-4,7-8,15,18-19H,2,5-6,9-14H2,1H3/t15-/m0/s1. The third-order valence-electron chi connectivity index (χ3n) is 4.89. The molecule has 0 spiro atoms. The van der Waals surface area contributed by atoms with E-state index in [-0.39, 0.29) is 0 Å². The second-order valence-corrected chi connectivity index (χ2v) is 6.59. The summed E-state index contributed by atoms with van der Waals surface area (Å²) in [6.07, 6.45) is 6.53. The summed E-state index contributed by atoms with van der Waals surface area (Å²) in [7, 11) is 0. The number of likely N-dealkylation sites (tertiary alicyclic amines) is 1. The Morgan fingerprint density at radius 3 is 2.65 bits per heavy atom. The molecular formula is C18H28N2. The first-order valence-corrected chi connectivity index (χ1v) is 8.37. The van der Waals surface area contributed by atoms with E-state index in [9.17, 15) is 0 Å². The molecule has 0 amide bonds. The normalized spacial score (nSPS) is 23.9. The number of fused-ring (bicyclic) bond motifs is 1. The van der Waals surface area contributed by atoms with Gasteiger partial charge in [-0.05, 0) is 68.8 Å². The highest BCUT2D eigenvalue weighted by molar-refractivity contribution is 5.33. The molecule has 3 rings (SSSR count). The average Bonchev–Trinajstić information content (AvgIpc) is 2.89. The van der Waals surface area contributed by atoms with E-state index in [0.29, 0.717) is 6.04 Å². The summed E-state index contributed by atoms with van der Waals surface area (Å²) >= 11 is 0. The summed E-state index contributed by atoms with van der Waals surface area (Å²) in [5.74, 6) is 0.860. The summed E-state index contributed by atoms with van der Waals surface area (Å²) in [6.45, 7) is 7.40. The molecule has 1 saturated heterocycles. The highest BCUT2D eigenvalue weighted by atomic mass is 15.1. The molecule has 2 aliphatic rings. The molecule has 20 heavy (non-hydrogen) atoms. The van der Waals surface area contributed by atoms with E-state index in [0.717, 1.165) is 5.92 Å². The van der Waals surface area contributed by atoms with Gasteiger partial charge in [-0.15, -0.1) is 0 Å². The number of nitrogens with zero attached hydrogens (tertiary/aromatic N) is 1. The predicted octanol–water partition coefficient (Wildman–Crippen LogP) is 2.87. The van der Waals surface area contributed by atoms with Crippen LogP contribution in [-0.4, -0.2) is 37.1 Å². The molecule has 1 aromatic rings. The lowest BCUT2D eigenvalue weighted by Gasteiger charge is -2.33. The molecule has 110 valence electrons. The van der Waals surface area contributed by atoms with Crippen LogP contribution in [0.4, 0.5) is 0 Å². The number of hydrogen-bond acceptors (Lipinski definition) is 2. The molecule has 0 radical (unpaired) electrons. The minimum absolute atomic E-state index is 0.675. The van der Waals surface area contributed by atoms with Crippen LogP contribution in [0.2, 0.25) is 0 Å². The maximum absolute atomic E-state index is 3.83. The van der Waals surface area contributed by atoms with Crippen molar-refractivity contribution >= 4 is 0 Å². The first kappa shape index (κ1) is 14.1. The van der Waals surface area contributed by atoms with Gasteiger partial charge in [-0.1, -0.05) is 31.2 Å². The van der Waals surface area contributed by atoms with Crippen LogP contribution >= 0.6 is 0 Å². The van der Waals surface area contributed by atoms with Gasteiger partial charge in [0.15, 0.2) is 0 Å². The van der Waals surface area contributed by atoms with Gasteiger partial charge in [-0.25, -0.2) is 0 Å². The minimum atomic E-state index is 0.675. The van der Waals surface area contributed by atoms with Crippen molar-refractivity contribution in [3.05, 3.63) is 35.4 Å². The lowest BCUT2D eigenvalue weighted by atomic mass is 9.97. The smallest absolute Gasteiger partial charge is 0.0148 e. The Kier molecular flexibility index (Phi) is 4.74. The Morgan fingerprint density at radius 1 is 1.20 bits per heavy atom. The summed E-state index contributed by atoms with van der Waals surface area (Å²) in [6, 6.07) is 9.60. The third-order valence-corrected chi connectivity index (χ3v) is 4.89. The maximum atomic E-state index is 3.83. The fraction of sp³-hybridized carbons (Fsp3) is 0.667. The van der Waals surface area contributed by atoms with Crippen molar-refractivity contribution in [2.24, 2.45) is 5.92 Å². The van der Waals surface area contributed by atoms with Crippen molar-refractivity contribution in [2.45, 2.75) is 45.1 Å². The van der Waals surface area contributed by atoms with Crippen LogP contribution < -0.4 is 5.32 Å². The Hall–Kier alpha value is -0.860. The number of benzene rings is 1. The van der Waals surface area contributed by atoms with Crippen molar-refractivity contribution in [3.63, 3.8) is 0 Å². The van der Waals surface area contributed by atoms with Gasteiger partial charge in [-0.3, -0.25) is 0 Å². The Balaban J connectivity index is 1.44. The fourth-order valence-corrected chi connectivity index (χ4v) is 3.87. The van der Waals surface area contributed by atoms with Gasteiger partial charge in [0.1, 0.15) is 0 Å². The molecule has 0 saturated carbocycles. The van der Waals surface area contributed by atoms with E-state index in [1.165, 1.54) is 58.3 Å². The summed E-state index contributed by atoms with van der Waals surface area (Å²) in [5.41, 5.74) is 3.11. The quantitative estimate of drug-likeness (QED) is 0.886. The van der Waals surface area contributed by atoms with Gasteiger partial charge in [-0.2, -0.15) is 0 Å². The number of piperidine rings is 1. The molecule has 1 N–H and O–H groups in total. The fourth-order valence-electron chi connectivity index (χ4n) is 3.87. The zero-order valence-electron chi connectivity index (χ0n) is 12.8. The highest BCUT2D eigenvalue weighted by Crippen LogP contribution is 2.22. The van der Waals surface area contributed by atoms with Crippen LogP contribution in [0.1, 0.15) is 37.3 Å². The predicted molar refractivity (Wildman–Crippen MR) is 85.1 cm³/mol. The largest absolute Gasteiger partial charge is 0.313 e. The number of hydrogen-bond donors (Lipinski definition) is 1. The number of nitrogens with one attached hydrogen (secondary N) is 1. The van der Waals surface area contributed by atoms with Crippen LogP contribution in [0, 0.1) is 5.92 Å². The summed E-state index contributed by atoms with van der Waals surface area (Å²) in [4.78, 5) is 2.65. The summed E-state index contributed by atoms with van der Waals surface area (Å²) < 4.78 is 0. The zero-order chi connectivity index (χ0) is 13.8. The maximum Gasteiger partial charge on any atom is 0.0148 e. The molecule has 0 bridgehead atoms. The van der Waals surface area contributed by atoms with Gasteiger partial charge in [0.05, 0.1) is 0 Å². The van der Waals surface area contributed by atoms with E-state index in [1.807, 2.05) is 0 Å². The van der Waals surface area contributed by atoms with Crippen LogP contribution in [0.25, 0.3) is 0 Å². The van der Waals surface area contributed by atoms with Gasteiger partial charge < -0.3 is 10.2 Å². The molecule has 1 aromatic carbocycles. The van der Waals surface area contributed by atoms with Gasteiger partial charge in [0.25, 0.3) is 0 Å². The van der Waals surface area contributed by atoms with E-state index >= 15 is 0 Å². The molecule has 1 aliphatic carbocycles. The Morgan fingerprint density at radius 2 is 1.95 bits per heavy atom. The number of rotatable bonds is 5. The Labute approximate surface area is 123 Å². The monoisotopic (exact) mass is 272 g/mol. The van der Waals surface area contributed by atoms with Crippen molar-refractivity contribution in [1.82, 2.24) is 10.2 Å². The molecule has 1 atom stereocenters. The van der Waals surface area contributed by atoms with Crippen LogP contribution in [0.3, 0.4) is 0 Å². The first-order chi connectivity index (χ1) is 9.85. The second kappa shape index (κ2) is 6.73. The molecule has 0 unspecified atom stereocenters. The van der Waals surface area contributed by atoms with Crippen molar-refractivity contribution in [2.75, 3.05) is 26.2 Å². The molecule has 1 heterocycles. The molecule has 2 nitrogen and oxygen atoms in total. The van der Waals surface area contributed by atoms with Crippen LogP contribution in [0.15, 0.2) is 24.3 Å². The van der Waals surface area contributed by atoms with E-state index in [4.69, 9.17) is 0 Å². The van der Waals surface area contributed by atoms with E-state index in [2.05, 4.69) is 41.4 Å². The van der Waals surface area contributed by atoms with Crippen molar-refractivity contribution in [1.29, 1.82) is 0 Å². The SMILES string of the molecule is CCCN1CCC[C@@H](CNC2Cc3ccccc3C2)C1. The van der Waals surface area contributed by atoms with Gasteiger partial charge in [0.2, 0.25) is 0 Å². The molecule has 0 aromatic heterocycles. The molecule has 1 fully saturated rings. The highest BCUT2D eigenvalue weighted by Gasteiger charge is 2.23. The van der Waals surface area contributed by atoms with Gasteiger partial charge >= 0.3 is 0 Å². The van der Waals surface area contributed by atoms with Gasteiger partial charge in [0, 0.05) is 12.6 Å². The first-order valence-electron chi connectivity index (χ1n) is 8.37. The second-order valence-electron chi connectivity index (χ2n) is 6.59. The van der Waals surface area contributed by atoms with Crippen molar-refractivity contribution < 1.29 is 0 Å². The van der Waals surface area contributed by atoms with E-state index in [1.54, 1.807) is 11.1 Å². The van der Waals surface area contributed by atoms with Crippen LogP contribution in [-0.2, 0) is 12.8 Å². The zero-order valence-corrected chi connectivity index (χ0v) is 12.8. The van der Waals surface area contributed by atoms with Crippen molar-refractivity contribution in [3.8, 4) is 0 Å². The average molecular weight is 272 g/mol. The summed E-state index contributed by atoms with van der Waals surface area (Å²) in [5, 5.41) is 3.83. The third kappa shape index (κ3) is 3.42. The van der Waals surface area contributed by atoms with Crippen LogP contribution in [0.5, 0.6) is 0 Å².